The fourth-order valence-corrected chi connectivity index (χ4v) is 4.68. The molecule has 112 valence electrons. The van der Waals surface area contributed by atoms with Crippen LogP contribution in [-0.2, 0) is 21.3 Å². The molecule has 0 aliphatic carbocycles. The Morgan fingerprint density at radius 1 is 1.38 bits per heavy atom. The Balaban J connectivity index is 2.13. The van der Waals surface area contributed by atoms with Gasteiger partial charge in [-0.25, -0.2) is 13.6 Å². The van der Waals surface area contributed by atoms with E-state index in [-0.39, 0.29) is 5.16 Å². The average molecular weight is 344 g/mol. The summed E-state index contributed by atoms with van der Waals surface area (Å²) in [5.74, 6) is 0.490. The summed E-state index contributed by atoms with van der Waals surface area (Å²) < 4.78 is 32.0. The van der Waals surface area contributed by atoms with Crippen molar-refractivity contribution in [3.63, 3.8) is 0 Å². The molecule has 0 spiro atoms. The summed E-state index contributed by atoms with van der Waals surface area (Å²) in [7, 11) is -2.38. The maximum atomic E-state index is 11.6. The van der Waals surface area contributed by atoms with Crippen LogP contribution in [0.2, 0.25) is 0 Å². The van der Waals surface area contributed by atoms with Crippen molar-refractivity contribution in [3.8, 4) is 10.7 Å². The molecule has 0 aliphatic rings. The highest BCUT2D eigenvalue weighted by molar-refractivity contribution is 7.89. The van der Waals surface area contributed by atoms with Gasteiger partial charge in [0, 0.05) is 16.5 Å². The van der Waals surface area contributed by atoms with Crippen molar-refractivity contribution >= 4 is 42.1 Å². The normalized spacial score (nSPS) is 12.3. The summed E-state index contributed by atoms with van der Waals surface area (Å²) in [5, 5.41) is 14.7. The Morgan fingerprint density at radius 2 is 2.19 bits per heavy atom. The van der Waals surface area contributed by atoms with E-state index < -0.39 is 10.0 Å². The predicted octanol–water partition coefficient (Wildman–Crippen LogP) is 1.52. The first kappa shape index (κ1) is 14.6. The molecule has 10 heteroatoms. The summed E-state index contributed by atoms with van der Waals surface area (Å²) in [5.41, 5.74) is 0. The average Bonchev–Trinajstić information content (AvgIpc) is 3.07. The fourth-order valence-electron chi connectivity index (χ4n) is 1.94. The number of nitrogens with two attached hydrogens (primary N) is 1. The lowest BCUT2D eigenvalue weighted by molar-refractivity contribution is 0.185. The smallest absolute Gasteiger partial charge is 0.273 e. The molecule has 0 bridgehead atoms. The molecule has 0 unspecified atom stereocenters. The summed E-state index contributed by atoms with van der Waals surface area (Å²) in [4.78, 5) is 0.857. The molecule has 0 saturated heterocycles. The van der Waals surface area contributed by atoms with Gasteiger partial charge < -0.3 is 4.74 Å². The fraction of sp³-hybridized carbons (Fsp3) is 0.273. The van der Waals surface area contributed by atoms with Crippen molar-refractivity contribution in [2.75, 3.05) is 13.7 Å². The molecule has 3 rings (SSSR count). The first-order valence-corrected chi connectivity index (χ1v) is 9.17. The van der Waals surface area contributed by atoms with Gasteiger partial charge >= 0.3 is 0 Å². The summed E-state index contributed by atoms with van der Waals surface area (Å²) in [6.45, 7) is 0.656. The molecular weight excluding hydrogens is 332 g/mol. The van der Waals surface area contributed by atoms with Gasteiger partial charge in [-0.2, -0.15) is 0 Å². The number of ether oxygens (including phenoxy) is 1. The monoisotopic (exact) mass is 344 g/mol. The van der Waals surface area contributed by atoms with Crippen molar-refractivity contribution < 1.29 is 13.2 Å². The predicted molar refractivity (Wildman–Crippen MR) is 82.0 cm³/mol. The number of sulfonamides is 1. The van der Waals surface area contributed by atoms with Crippen LogP contribution in [0.15, 0.2) is 22.7 Å². The van der Waals surface area contributed by atoms with Gasteiger partial charge in [0.1, 0.15) is 0 Å². The lowest BCUT2D eigenvalue weighted by atomic mass is 10.4. The van der Waals surface area contributed by atoms with Gasteiger partial charge in [0.25, 0.3) is 15.2 Å². The van der Waals surface area contributed by atoms with Crippen LogP contribution in [-0.4, -0.2) is 36.9 Å². The van der Waals surface area contributed by atoms with E-state index in [1.54, 1.807) is 18.4 Å². The Hall–Kier alpha value is -1.33. The minimum atomic E-state index is -3.93. The van der Waals surface area contributed by atoms with Crippen molar-refractivity contribution in [3.05, 3.63) is 17.5 Å². The molecule has 0 radical (unpaired) electrons. The third-order valence-corrected chi connectivity index (χ3v) is 5.75. The highest BCUT2D eigenvalue weighted by atomic mass is 32.2. The van der Waals surface area contributed by atoms with Crippen molar-refractivity contribution in [1.82, 2.24) is 14.8 Å². The van der Waals surface area contributed by atoms with Crippen molar-refractivity contribution in [2.24, 2.45) is 5.14 Å². The van der Waals surface area contributed by atoms with Gasteiger partial charge in [-0.15, -0.1) is 32.9 Å². The number of hydrogen-bond donors (Lipinski definition) is 1. The maximum absolute atomic E-state index is 11.6. The van der Waals surface area contributed by atoms with Crippen LogP contribution < -0.4 is 5.14 Å². The van der Waals surface area contributed by atoms with Crippen LogP contribution in [0.1, 0.15) is 0 Å². The maximum Gasteiger partial charge on any atom is 0.273 e. The van der Waals surface area contributed by atoms with E-state index in [1.807, 2.05) is 17.5 Å². The molecule has 3 aromatic heterocycles. The van der Waals surface area contributed by atoms with E-state index in [4.69, 9.17) is 9.88 Å². The number of aromatic nitrogens is 3. The van der Waals surface area contributed by atoms with Crippen LogP contribution in [0.25, 0.3) is 20.1 Å². The molecule has 2 N–H and O–H groups in total. The number of hydrogen-bond acceptors (Lipinski definition) is 7. The lowest BCUT2D eigenvalue weighted by Crippen LogP contribution is -2.20. The molecule has 21 heavy (non-hydrogen) atoms. The second-order valence-electron chi connectivity index (χ2n) is 4.26. The Kier molecular flexibility index (Phi) is 3.80. The van der Waals surface area contributed by atoms with E-state index in [0.29, 0.717) is 19.0 Å². The highest BCUT2D eigenvalue weighted by Gasteiger charge is 2.23. The Morgan fingerprint density at radius 3 is 2.86 bits per heavy atom. The number of methoxy groups -OCH3 is 1. The lowest BCUT2D eigenvalue weighted by Gasteiger charge is -2.07. The van der Waals surface area contributed by atoms with Crippen LogP contribution in [0.5, 0.6) is 0 Å². The summed E-state index contributed by atoms with van der Waals surface area (Å²) >= 11 is 3.16. The van der Waals surface area contributed by atoms with E-state index >= 15 is 0 Å². The molecule has 0 amide bonds. The van der Waals surface area contributed by atoms with Crippen molar-refractivity contribution in [1.29, 1.82) is 0 Å². The molecule has 3 aromatic rings. The molecule has 0 fully saturated rings. The van der Waals surface area contributed by atoms with E-state index in [2.05, 4.69) is 10.2 Å². The molecular formula is C11H12N4O3S3. The first-order valence-electron chi connectivity index (χ1n) is 5.93. The highest BCUT2D eigenvalue weighted by Crippen LogP contribution is 2.35. The number of rotatable bonds is 5. The summed E-state index contributed by atoms with van der Waals surface area (Å²) in [6.07, 6.45) is 0. The molecule has 0 atom stereocenters. The minimum Gasteiger partial charge on any atom is -0.383 e. The van der Waals surface area contributed by atoms with Crippen LogP contribution >= 0.6 is 22.7 Å². The quantitative estimate of drug-likeness (QED) is 0.756. The van der Waals surface area contributed by atoms with Gasteiger partial charge in [-0.3, -0.25) is 4.57 Å². The van der Waals surface area contributed by atoms with Gasteiger partial charge in [-0.05, 0) is 17.5 Å². The number of thiophene rings is 2. The number of primary sulfonamides is 1. The molecule has 0 aliphatic heterocycles. The van der Waals surface area contributed by atoms with Crippen LogP contribution in [0, 0.1) is 0 Å². The Labute approximate surface area is 129 Å². The van der Waals surface area contributed by atoms with Gasteiger partial charge in [-0.1, -0.05) is 0 Å². The minimum absolute atomic E-state index is 0.244. The second kappa shape index (κ2) is 5.46. The summed E-state index contributed by atoms with van der Waals surface area (Å²) in [6, 6.07) is 4.00. The molecule has 0 aromatic carbocycles. The zero-order valence-electron chi connectivity index (χ0n) is 11.0. The zero-order chi connectivity index (χ0) is 15.0. The van der Waals surface area contributed by atoms with Crippen molar-refractivity contribution in [2.45, 2.75) is 11.7 Å². The van der Waals surface area contributed by atoms with Crippen LogP contribution in [0.3, 0.4) is 0 Å². The first-order chi connectivity index (χ1) is 10.0. The number of fused-ring (bicyclic) bond motifs is 1. The second-order valence-corrected chi connectivity index (χ2v) is 7.74. The van der Waals surface area contributed by atoms with E-state index in [1.165, 1.54) is 15.9 Å². The number of nitrogens with zero attached hydrogens (tertiary/aromatic N) is 3. The SMILES string of the molecule is COCCn1c(-c2cc3sccc3s2)nnc1S(N)(=O)=O. The topological polar surface area (TPSA) is 100 Å². The van der Waals surface area contributed by atoms with E-state index in [9.17, 15) is 8.42 Å². The van der Waals surface area contributed by atoms with E-state index in [0.717, 1.165) is 14.3 Å². The molecule has 0 saturated carbocycles. The van der Waals surface area contributed by atoms with Gasteiger partial charge in [0.2, 0.25) is 0 Å². The third kappa shape index (κ3) is 2.72. The third-order valence-electron chi connectivity index (χ3n) is 2.85. The molecule has 7 nitrogen and oxygen atoms in total. The largest absolute Gasteiger partial charge is 0.383 e. The Bertz CT molecular complexity index is 849. The van der Waals surface area contributed by atoms with Crippen LogP contribution in [0.4, 0.5) is 0 Å². The zero-order valence-corrected chi connectivity index (χ0v) is 13.5. The van der Waals surface area contributed by atoms with Gasteiger partial charge in [0.05, 0.1) is 18.0 Å². The molecule has 3 heterocycles. The standard InChI is InChI=1S/C11H12N4O3S3/c1-18-4-3-15-10(13-14-11(15)21(12,16)17)9-6-8-7(20-9)2-5-19-8/h2,5-6H,3-4H2,1H3,(H2,12,16,17). The van der Waals surface area contributed by atoms with Gasteiger partial charge in [0.15, 0.2) is 5.82 Å².